The number of carbonyl (C=O) groups is 2. The van der Waals surface area contributed by atoms with Crippen molar-refractivity contribution in [3.8, 4) is 0 Å². The number of methoxy groups -OCH3 is 1. The highest BCUT2D eigenvalue weighted by Gasteiger charge is 2.10. The van der Waals surface area contributed by atoms with E-state index in [2.05, 4.69) is 25.2 Å². The van der Waals surface area contributed by atoms with Gasteiger partial charge in [0.05, 0.1) is 25.0 Å². The third kappa shape index (κ3) is 4.54. The van der Waals surface area contributed by atoms with Crippen molar-refractivity contribution in [3.63, 3.8) is 0 Å². The van der Waals surface area contributed by atoms with Crippen molar-refractivity contribution in [3.05, 3.63) is 16.6 Å². The van der Waals surface area contributed by atoms with E-state index in [4.69, 9.17) is 0 Å². The lowest BCUT2D eigenvalue weighted by Crippen LogP contribution is -2.14. The van der Waals surface area contributed by atoms with E-state index in [1.165, 1.54) is 41.5 Å². The maximum absolute atomic E-state index is 11.7. The Morgan fingerprint density at radius 3 is 3.00 bits per heavy atom. The molecule has 0 unspecified atom stereocenters. The molecule has 1 N–H and O–H groups in total. The van der Waals surface area contributed by atoms with Crippen LogP contribution in [0.25, 0.3) is 0 Å². The highest BCUT2D eigenvalue weighted by atomic mass is 32.2. The molecular formula is C10H10N4O3S3. The average molecular weight is 330 g/mol. The van der Waals surface area contributed by atoms with Crippen LogP contribution in [0.1, 0.15) is 5.69 Å². The fraction of sp³-hybridized carbons (Fsp3) is 0.300. The zero-order valence-electron chi connectivity index (χ0n) is 10.4. The smallest absolute Gasteiger partial charge is 0.311 e. The minimum absolute atomic E-state index is 0.0996. The van der Waals surface area contributed by atoms with Crippen LogP contribution in [0.5, 0.6) is 0 Å². The highest BCUT2D eigenvalue weighted by molar-refractivity contribution is 8.01. The van der Waals surface area contributed by atoms with E-state index in [1.54, 1.807) is 10.9 Å². The topological polar surface area (TPSA) is 94.1 Å². The number of carbonyl (C=O) groups excluding carboxylic acids is 2. The molecule has 0 aliphatic carbocycles. The summed E-state index contributed by atoms with van der Waals surface area (Å²) in [5.41, 5.74) is 2.19. The van der Waals surface area contributed by atoms with Crippen LogP contribution in [-0.2, 0) is 20.7 Å². The van der Waals surface area contributed by atoms with Crippen LogP contribution >= 0.6 is 34.4 Å². The molecule has 0 aliphatic heterocycles. The minimum Gasteiger partial charge on any atom is -0.469 e. The van der Waals surface area contributed by atoms with Gasteiger partial charge in [-0.2, -0.15) is 0 Å². The quantitative estimate of drug-likeness (QED) is 0.632. The van der Waals surface area contributed by atoms with Crippen molar-refractivity contribution in [2.24, 2.45) is 0 Å². The number of ether oxygens (including phenoxy) is 1. The fourth-order valence-electron chi connectivity index (χ4n) is 1.17. The molecule has 2 aromatic rings. The standard InChI is InChI=1S/C10H10N4O3S3/c1-17-8(16)2-6-3-18-9(12-6)13-7(15)4-19-10-14-11-5-20-10/h3,5H,2,4H2,1H3,(H,12,13,15). The third-order valence-corrected chi connectivity index (χ3v) is 4.68. The molecule has 0 saturated heterocycles. The average Bonchev–Trinajstić information content (AvgIpc) is 3.08. The van der Waals surface area contributed by atoms with Gasteiger partial charge in [0.15, 0.2) is 9.47 Å². The molecule has 2 rings (SSSR count). The van der Waals surface area contributed by atoms with E-state index in [9.17, 15) is 9.59 Å². The number of thioether (sulfide) groups is 1. The second kappa shape index (κ2) is 7.31. The Balaban J connectivity index is 1.80. The largest absolute Gasteiger partial charge is 0.469 e. The molecule has 2 heterocycles. The van der Waals surface area contributed by atoms with Gasteiger partial charge in [-0.1, -0.05) is 23.1 Å². The van der Waals surface area contributed by atoms with Crippen molar-refractivity contribution >= 4 is 51.4 Å². The van der Waals surface area contributed by atoms with E-state index in [0.717, 1.165) is 4.34 Å². The number of nitrogens with one attached hydrogen (secondary N) is 1. The summed E-state index contributed by atoms with van der Waals surface area (Å²) < 4.78 is 5.29. The van der Waals surface area contributed by atoms with Gasteiger partial charge < -0.3 is 10.1 Å². The van der Waals surface area contributed by atoms with Crippen LogP contribution < -0.4 is 5.32 Å². The molecule has 0 radical (unpaired) electrons. The molecule has 20 heavy (non-hydrogen) atoms. The Kier molecular flexibility index (Phi) is 5.44. The zero-order valence-corrected chi connectivity index (χ0v) is 12.8. The lowest BCUT2D eigenvalue weighted by molar-refractivity contribution is -0.139. The van der Waals surface area contributed by atoms with Gasteiger partial charge in [0.2, 0.25) is 5.91 Å². The van der Waals surface area contributed by atoms with Crippen molar-refractivity contribution in [1.82, 2.24) is 15.2 Å². The number of hydrogen-bond acceptors (Lipinski definition) is 9. The maximum Gasteiger partial charge on any atom is 0.311 e. The van der Waals surface area contributed by atoms with Crippen LogP contribution in [-0.4, -0.2) is 39.9 Å². The van der Waals surface area contributed by atoms with Crippen LogP contribution in [0.15, 0.2) is 15.2 Å². The summed E-state index contributed by atoms with van der Waals surface area (Å²) in [6, 6.07) is 0. The first-order valence-electron chi connectivity index (χ1n) is 5.37. The predicted octanol–water partition coefficient (Wildman–Crippen LogP) is 1.44. The van der Waals surface area contributed by atoms with Gasteiger partial charge in [0.25, 0.3) is 0 Å². The first kappa shape index (κ1) is 14.9. The predicted molar refractivity (Wildman–Crippen MR) is 77.1 cm³/mol. The van der Waals surface area contributed by atoms with E-state index in [-0.39, 0.29) is 24.1 Å². The molecule has 106 valence electrons. The molecule has 0 aromatic carbocycles. The molecule has 0 spiro atoms. The first-order chi connectivity index (χ1) is 9.67. The van der Waals surface area contributed by atoms with Crippen molar-refractivity contribution in [2.45, 2.75) is 10.8 Å². The minimum atomic E-state index is -0.361. The second-order valence-corrected chi connectivity index (χ2v) is 6.35. The molecule has 10 heteroatoms. The molecule has 0 fully saturated rings. The number of rotatable bonds is 6. The van der Waals surface area contributed by atoms with Crippen LogP contribution in [0.4, 0.5) is 5.13 Å². The summed E-state index contributed by atoms with van der Waals surface area (Å²) in [5.74, 6) is -0.301. The van der Waals surface area contributed by atoms with Gasteiger partial charge in [-0.05, 0) is 0 Å². The third-order valence-electron chi connectivity index (χ3n) is 2.02. The Hall–Kier alpha value is -1.52. The summed E-state index contributed by atoms with van der Waals surface area (Å²) in [6.07, 6.45) is 0.0996. The van der Waals surface area contributed by atoms with Gasteiger partial charge in [-0.15, -0.1) is 21.5 Å². The SMILES string of the molecule is COC(=O)Cc1csc(NC(=O)CSc2nncs2)n1. The van der Waals surface area contributed by atoms with Crippen molar-refractivity contribution in [2.75, 3.05) is 18.2 Å². The number of amides is 1. The van der Waals surface area contributed by atoms with Gasteiger partial charge in [-0.25, -0.2) is 4.98 Å². The Labute approximate surface area is 126 Å². The monoisotopic (exact) mass is 330 g/mol. The number of hydrogen-bond donors (Lipinski definition) is 1. The molecule has 0 bridgehead atoms. The molecule has 2 aromatic heterocycles. The summed E-state index contributed by atoms with van der Waals surface area (Å²) >= 11 is 3.96. The van der Waals surface area contributed by atoms with Gasteiger partial charge in [-0.3, -0.25) is 9.59 Å². The second-order valence-electron chi connectivity index (χ2n) is 3.44. The molecule has 0 aliphatic rings. The van der Waals surface area contributed by atoms with E-state index in [0.29, 0.717) is 10.8 Å². The molecule has 7 nitrogen and oxygen atoms in total. The number of thiazole rings is 1. The van der Waals surface area contributed by atoms with Crippen LogP contribution in [0.2, 0.25) is 0 Å². The molecular weight excluding hydrogens is 320 g/mol. The maximum atomic E-state index is 11.7. The Bertz CT molecular complexity index is 584. The van der Waals surface area contributed by atoms with E-state index in [1.807, 2.05) is 0 Å². The Morgan fingerprint density at radius 2 is 2.30 bits per heavy atom. The molecule has 0 saturated carbocycles. The lowest BCUT2D eigenvalue weighted by atomic mass is 10.3. The molecule has 0 atom stereocenters. The normalized spacial score (nSPS) is 10.2. The fourth-order valence-corrected chi connectivity index (χ4v) is 3.19. The van der Waals surface area contributed by atoms with Crippen LogP contribution in [0.3, 0.4) is 0 Å². The Morgan fingerprint density at radius 1 is 1.45 bits per heavy atom. The highest BCUT2D eigenvalue weighted by Crippen LogP contribution is 2.20. The van der Waals surface area contributed by atoms with Gasteiger partial charge in [0.1, 0.15) is 5.51 Å². The van der Waals surface area contributed by atoms with E-state index >= 15 is 0 Å². The van der Waals surface area contributed by atoms with Gasteiger partial charge >= 0.3 is 5.97 Å². The number of aromatic nitrogens is 3. The summed E-state index contributed by atoms with van der Waals surface area (Å²) in [4.78, 5) is 26.9. The van der Waals surface area contributed by atoms with Crippen LogP contribution in [0, 0.1) is 0 Å². The zero-order chi connectivity index (χ0) is 14.4. The summed E-state index contributed by atoms with van der Waals surface area (Å²) in [7, 11) is 1.32. The molecule has 1 amide bonds. The van der Waals surface area contributed by atoms with Crippen molar-refractivity contribution < 1.29 is 14.3 Å². The number of nitrogens with zero attached hydrogens (tertiary/aromatic N) is 3. The van der Waals surface area contributed by atoms with Gasteiger partial charge in [0, 0.05) is 5.38 Å². The summed E-state index contributed by atoms with van der Waals surface area (Å²) in [5, 5.41) is 12.4. The number of esters is 1. The number of anilines is 1. The first-order valence-corrected chi connectivity index (χ1v) is 8.12. The summed E-state index contributed by atoms with van der Waals surface area (Å²) in [6.45, 7) is 0. The van der Waals surface area contributed by atoms with E-state index < -0.39 is 0 Å². The lowest BCUT2D eigenvalue weighted by Gasteiger charge is -1.99. The van der Waals surface area contributed by atoms with Crippen molar-refractivity contribution in [1.29, 1.82) is 0 Å².